The van der Waals surface area contributed by atoms with Crippen LogP contribution in [0, 0.1) is 0 Å². The molecule has 0 N–H and O–H groups in total. The van der Waals surface area contributed by atoms with Crippen molar-refractivity contribution in [3.05, 3.63) is 72.0 Å². The van der Waals surface area contributed by atoms with E-state index in [2.05, 4.69) is 4.98 Å². The Labute approximate surface area is 238 Å². The standard InChI is InChI=1S/C30H32ClN5O4/c1-38-25-12-11-22(19-24(25)31)30-33-29(21-13-15-32-16-14-21)34-36(30)18-17-35(23-7-3-4-8-23)28(37)20-40-27-10-6-5-9-26(27)39-2/h5-6,9-16,19,23H,3-4,7-8,17-18,20H2,1-2H3. The van der Waals surface area contributed by atoms with Gasteiger partial charge in [-0.1, -0.05) is 36.6 Å². The number of benzene rings is 2. The number of ether oxygens (including phenoxy) is 3. The third kappa shape index (κ3) is 6.20. The highest BCUT2D eigenvalue weighted by atomic mass is 35.5. The van der Waals surface area contributed by atoms with E-state index in [1.165, 1.54) is 0 Å². The molecule has 1 aliphatic rings. The summed E-state index contributed by atoms with van der Waals surface area (Å²) in [5, 5.41) is 5.30. The number of carbonyl (C=O) groups excluding carboxylic acids is 1. The quantitative estimate of drug-likeness (QED) is 0.238. The second-order valence-corrected chi connectivity index (χ2v) is 9.94. The minimum atomic E-state index is -0.0720. The zero-order valence-electron chi connectivity index (χ0n) is 22.6. The van der Waals surface area contributed by atoms with Gasteiger partial charge in [0.25, 0.3) is 5.91 Å². The monoisotopic (exact) mass is 561 g/mol. The molecule has 0 radical (unpaired) electrons. The predicted octanol–water partition coefficient (Wildman–Crippen LogP) is 5.53. The van der Waals surface area contributed by atoms with Crippen LogP contribution in [0.25, 0.3) is 22.8 Å². The molecule has 0 bridgehead atoms. The fourth-order valence-electron chi connectivity index (χ4n) is 5.03. The van der Waals surface area contributed by atoms with Crippen LogP contribution in [-0.4, -0.2) is 64.0 Å². The van der Waals surface area contributed by atoms with Crippen LogP contribution in [0.15, 0.2) is 67.0 Å². The number of hydrogen-bond donors (Lipinski definition) is 0. The normalized spacial score (nSPS) is 13.3. The smallest absolute Gasteiger partial charge is 0.260 e. The lowest BCUT2D eigenvalue weighted by atomic mass is 10.2. The molecule has 0 unspecified atom stereocenters. The SMILES string of the molecule is COc1ccc(-c2nc(-c3ccncc3)nn2CCN(C(=O)COc2ccccc2OC)C2CCCC2)cc1Cl. The van der Waals surface area contributed by atoms with Gasteiger partial charge in [-0.3, -0.25) is 9.78 Å². The van der Waals surface area contributed by atoms with E-state index in [0.29, 0.717) is 47.0 Å². The third-order valence-electron chi connectivity index (χ3n) is 7.08. The number of halogens is 1. The third-order valence-corrected chi connectivity index (χ3v) is 7.37. The van der Waals surface area contributed by atoms with Crippen LogP contribution in [0.3, 0.4) is 0 Å². The van der Waals surface area contributed by atoms with E-state index in [0.717, 1.165) is 36.8 Å². The lowest BCUT2D eigenvalue weighted by Gasteiger charge is -2.29. The van der Waals surface area contributed by atoms with Crippen molar-refractivity contribution >= 4 is 17.5 Å². The van der Waals surface area contributed by atoms with Crippen LogP contribution in [-0.2, 0) is 11.3 Å². The molecule has 208 valence electrons. The molecule has 0 spiro atoms. The van der Waals surface area contributed by atoms with Gasteiger partial charge in [-0.15, -0.1) is 0 Å². The molecule has 2 heterocycles. The Hall–Kier alpha value is -4.11. The Morgan fingerprint density at radius 2 is 1.70 bits per heavy atom. The summed E-state index contributed by atoms with van der Waals surface area (Å²) < 4.78 is 18.4. The van der Waals surface area contributed by atoms with Crippen molar-refractivity contribution in [3.63, 3.8) is 0 Å². The summed E-state index contributed by atoms with van der Waals surface area (Å²) in [6.07, 6.45) is 7.58. The van der Waals surface area contributed by atoms with Crippen molar-refractivity contribution in [3.8, 4) is 40.0 Å². The molecule has 2 aromatic heterocycles. The van der Waals surface area contributed by atoms with Crippen LogP contribution >= 0.6 is 11.6 Å². The first kappa shape index (κ1) is 27.5. The number of aromatic nitrogens is 4. The first-order chi connectivity index (χ1) is 19.6. The van der Waals surface area contributed by atoms with E-state index in [1.54, 1.807) is 32.7 Å². The summed E-state index contributed by atoms with van der Waals surface area (Å²) in [5.41, 5.74) is 1.65. The van der Waals surface area contributed by atoms with Gasteiger partial charge in [0.1, 0.15) is 5.75 Å². The molecule has 10 heteroatoms. The summed E-state index contributed by atoms with van der Waals surface area (Å²) in [4.78, 5) is 24.4. The molecule has 0 atom stereocenters. The highest BCUT2D eigenvalue weighted by Gasteiger charge is 2.28. The summed E-state index contributed by atoms with van der Waals surface area (Å²) >= 11 is 6.45. The fraction of sp³-hybridized carbons (Fsp3) is 0.333. The van der Waals surface area contributed by atoms with Gasteiger partial charge in [0, 0.05) is 36.1 Å². The first-order valence-electron chi connectivity index (χ1n) is 13.3. The van der Waals surface area contributed by atoms with Gasteiger partial charge in [-0.2, -0.15) is 5.10 Å². The molecule has 1 amide bonds. The van der Waals surface area contributed by atoms with E-state index < -0.39 is 0 Å². The Balaban J connectivity index is 1.40. The Morgan fingerprint density at radius 3 is 2.40 bits per heavy atom. The number of amides is 1. The molecule has 5 rings (SSSR count). The van der Waals surface area contributed by atoms with Gasteiger partial charge in [0.15, 0.2) is 29.8 Å². The number of carbonyl (C=O) groups is 1. The molecule has 9 nitrogen and oxygen atoms in total. The van der Waals surface area contributed by atoms with Gasteiger partial charge in [0.2, 0.25) is 0 Å². The maximum absolute atomic E-state index is 13.5. The Bertz CT molecular complexity index is 1440. The largest absolute Gasteiger partial charge is 0.495 e. The van der Waals surface area contributed by atoms with E-state index in [9.17, 15) is 4.79 Å². The fourth-order valence-corrected chi connectivity index (χ4v) is 5.29. The van der Waals surface area contributed by atoms with Crippen molar-refractivity contribution in [2.75, 3.05) is 27.4 Å². The number of pyridine rings is 1. The topological polar surface area (TPSA) is 91.6 Å². The molecule has 1 saturated carbocycles. The molecule has 1 aliphatic carbocycles. The molecule has 4 aromatic rings. The minimum absolute atomic E-state index is 0.0682. The second kappa shape index (κ2) is 12.8. The Kier molecular flexibility index (Phi) is 8.81. The highest BCUT2D eigenvalue weighted by molar-refractivity contribution is 6.32. The predicted molar refractivity (Wildman–Crippen MR) is 153 cm³/mol. The van der Waals surface area contributed by atoms with Crippen LogP contribution in [0.5, 0.6) is 17.2 Å². The molecule has 2 aromatic carbocycles. The number of para-hydroxylation sites is 2. The number of rotatable bonds is 11. The first-order valence-corrected chi connectivity index (χ1v) is 13.7. The zero-order chi connectivity index (χ0) is 27.9. The summed E-state index contributed by atoms with van der Waals surface area (Å²) in [6, 6.07) is 16.8. The van der Waals surface area contributed by atoms with Crippen LogP contribution in [0.4, 0.5) is 0 Å². The van der Waals surface area contributed by atoms with Crippen LogP contribution < -0.4 is 14.2 Å². The average molecular weight is 562 g/mol. The van der Waals surface area contributed by atoms with E-state index >= 15 is 0 Å². The van der Waals surface area contributed by atoms with Gasteiger partial charge < -0.3 is 19.1 Å². The molecule has 0 saturated heterocycles. The van der Waals surface area contributed by atoms with Crippen LogP contribution in [0.1, 0.15) is 25.7 Å². The van der Waals surface area contributed by atoms with E-state index in [-0.39, 0.29) is 18.6 Å². The number of hydrogen-bond acceptors (Lipinski definition) is 7. The molecule has 1 fully saturated rings. The van der Waals surface area contributed by atoms with Crippen molar-refractivity contribution in [2.24, 2.45) is 0 Å². The van der Waals surface area contributed by atoms with Gasteiger partial charge >= 0.3 is 0 Å². The summed E-state index contributed by atoms with van der Waals surface area (Å²) in [6.45, 7) is 0.847. The van der Waals surface area contributed by atoms with E-state index in [4.69, 9.17) is 35.9 Å². The zero-order valence-corrected chi connectivity index (χ0v) is 23.4. The van der Waals surface area contributed by atoms with Crippen LogP contribution in [0.2, 0.25) is 5.02 Å². The Morgan fingerprint density at radius 1 is 0.975 bits per heavy atom. The minimum Gasteiger partial charge on any atom is -0.495 e. The van der Waals surface area contributed by atoms with E-state index in [1.807, 2.05) is 58.1 Å². The van der Waals surface area contributed by atoms with Crippen molar-refractivity contribution in [2.45, 2.75) is 38.3 Å². The second-order valence-electron chi connectivity index (χ2n) is 9.53. The maximum atomic E-state index is 13.5. The lowest BCUT2D eigenvalue weighted by Crippen LogP contribution is -2.43. The van der Waals surface area contributed by atoms with Crippen molar-refractivity contribution in [1.29, 1.82) is 0 Å². The summed E-state index contributed by atoms with van der Waals surface area (Å²) in [5.74, 6) is 2.88. The average Bonchev–Trinajstić information content (AvgIpc) is 3.68. The molecular formula is C30H32ClN5O4. The highest BCUT2D eigenvalue weighted by Crippen LogP contribution is 2.31. The van der Waals surface area contributed by atoms with Gasteiger partial charge in [0.05, 0.1) is 25.8 Å². The van der Waals surface area contributed by atoms with Crippen molar-refractivity contribution < 1.29 is 19.0 Å². The molecule has 40 heavy (non-hydrogen) atoms. The van der Waals surface area contributed by atoms with Gasteiger partial charge in [-0.05, 0) is 55.3 Å². The maximum Gasteiger partial charge on any atom is 0.260 e. The van der Waals surface area contributed by atoms with Gasteiger partial charge in [-0.25, -0.2) is 9.67 Å². The lowest BCUT2D eigenvalue weighted by molar-refractivity contribution is -0.135. The molecular weight excluding hydrogens is 530 g/mol. The summed E-state index contributed by atoms with van der Waals surface area (Å²) in [7, 11) is 3.16. The number of nitrogens with zero attached hydrogens (tertiary/aromatic N) is 5. The van der Waals surface area contributed by atoms with Crippen molar-refractivity contribution in [1.82, 2.24) is 24.6 Å². The molecule has 0 aliphatic heterocycles. The number of methoxy groups -OCH3 is 2.